The predicted octanol–water partition coefficient (Wildman–Crippen LogP) is 13.2. The number of benzene rings is 8. The molecule has 216 valence electrons. The van der Waals surface area contributed by atoms with Gasteiger partial charge in [-0.05, 0) is 98.4 Å². The van der Waals surface area contributed by atoms with E-state index in [1.54, 1.807) is 0 Å². The lowest BCUT2D eigenvalue weighted by atomic mass is 9.97. The van der Waals surface area contributed by atoms with Crippen LogP contribution >= 0.6 is 11.3 Å². The van der Waals surface area contributed by atoms with Gasteiger partial charge in [0.25, 0.3) is 0 Å². The first-order chi connectivity index (χ1) is 22.8. The molecule has 0 saturated heterocycles. The molecule has 1 aromatic heterocycles. The lowest BCUT2D eigenvalue weighted by Crippen LogP contribution is -2.09. The quantitative estimate of drug-likeness (QED) is 0.189. The Bertz CT molecular complexity index is 2520. The highest BCUT2D eigenvalue weighted by Crippen LogP contribution is 2.44. The zero-order valence-electron chi connectivity index (χ0n) is 25.1. The van der Waals surface area contributed by atoms with E-state index < -0.39 is 0 Å². The maximum Gasteiger partial charge on any atom is 0.0468 e. The number of hydrogen-bond donors (Lipinski definition) is 0. The molecule has 0 N–H and O–H groups in total. The third-order valence-corrected chi connectivity index (χ3v) is 10.2. The summed E-state index contributed by atoms with van der Waals surface area (Å²) in [4.78, 5) is 2.37. The number of hydrogen-bond acceptors (Lipinski definition) is 2. The molecule has 8 aromatic carbocycles. The topological polar surface area (TPSA) is 3.24 Å². The maximum atomic E-state index is 2.38. The minimum absolute atomic E-state index is 1.13. The van der Waals surface area contributed by atoms with Crippen molar-refractivity contribution in [3.8, 4) is 22.3 Å². The van der Waals surface area contributed by atoms with Crippen molar-refractivity contribution in [1.82, 2.24) is 0 Å². The minimum atomic E-state index is 1.13. The molecule has 0 saturated carbocycles. The van der Waals surface area contributed by atoms with Crippen molar-refractivity contribution in [2.24, 2.45) is 0 Å². The van der Waals surface area contributed by atoms with Crippen LogP contribution in [-0.2, 0) is 0 Å². The predicted molar refractivity (Wildman–Crippen MR) is 200 cm³/mol. The summed E-state index contributed by atoms with van der Waals surface area (Å²) in [7, 11) is 0. The average molecular weight is 604 g/mol. The van der Waals surface area contributed by atoms with E-state index in [1.807, 2.05) is 11.3 Å². The number of para-hydroxylation sites is 1. The molecule has 0 aliphatic rings. The Hall–Kier alpha value is -5.70. The van der Waals surface area contributed by atoms with Crippen molar-refractivity contribution in [1.29, 1.82) is 0 Å². The van der Waals surface area contributed by atoms with Crippen LogP contribution in [-0.4, -0.2) is 0 Å². The van der Waals surface area contributed by atoms with Gasteiger partial charge in [0, 0.05) is 37.2 Å². The molecule has 0 radical (unpaired) electrons. The number of fused-ring (bicyclic) bond motifs is 5. The van der Waals surface area contributed by atoms with Crippen molar-refractivity contribution in [2.75, 3.05) is 4.90 Å². The Morgan fingerprint density at radius 3 is 1.87 bits per heavy atom. The number of thiophene rings is 1. The average Bonchev–Trinajstić information content (AvgIpc) is 3.50. The van der Waals surface area contributed by atoms with Crippen molar-refractivity contribution < 1.29 is 0 Å². The Morgan fingerprint density at radius 1 is 0.348 bits per heavy atom. The Kier molecular flexibility index (Phi) is 6.40. The van der Waals surface area contributed by atoms with Crippen LogP contribution in [0.15, 0.2) is 176 Å². The van der Waals surface area contributed by atoms with E-state index in [9.17, 15) is 0 Å². The van der Waals surface area contributed by atoms with Crippen LogP contribution in [0.2, 0.25) is 0 Å². The molecule has 0 unspecified atom stereocenters. The lowest BCUT2D eigenvalue weighted by molar-refractivity contribution is 1.29. The zero-order valence-corrected chi connectivity index (χ0v) is 25.9. The van der Waals surface area contributed by atoms with Gasteiger partial charge >= 0.3 is 0 Å². The first kappa shape index (κ1) is 26.7. The molecule has 0 aliphatic heterocycles. The Morgan fingerprint density at radius 2 is 1.00 bits per heavy atom. The van der Waals surface area contributed by atoms with Crippen LogP contribution in [0.25, 0.3) is 64.0 Å². The van der Waals surface area contributed by atoms with E-state index in [4.69, 9.17) is 0 Å². The first-order valence-corrected chi connectivity index (χ1v) is 16.5. The minimum Gasteiger partial charge on any atom is -0.310 e. The van der Waals surface area contributed by atoms with Gasteiger partial charge in [0.15, 0.2) is 0 Å². The van der Waals surface area contributed by atoms with Gasteiger partial charge in [0.1, 0.15) is 0 Å². The highest BCUT2D eigenvalue weighted by molar-refractivity contribution is 7.26. The SMILES string of the molecule is c1ccc(N(c2ccc(-c3cccc4ccccc34)cc2)c2ccc3sc4cccc(-c5ccc6ccccc6c5)c4c3c2)cc1. The van der Waals surface area contributed by atoms with Crippen LogP contribution in [0.3, 0.4) is 0 Å². The summed E-state index contributed by atoms with van der Waals surface area (Å²) >= 11 is 1.87. The second kappa shape index (κ2) is 11.0. The fourth-order valence-corrected chi connectivity index (χ4v) is 7.96. The van der Waals surface area contributed by atoms with Gasteiger partial charge < -0.3 is 4.90 Å². The second-order valence-electron chi connectivity index (χ2n) is 11.8. The molecular weight excluding hydrogens is 575 g/mol. The van der Waals surface area contributed by atoms with E-state index in [-0.39, 0.29) is 0 Å². The van der Waals surface area contributed by atoms with E-state index in [1.165, 1.54) is 64.0 Å². The molecule has 0 aliphatic carbocycles. The van der Waals surface area contributed by atoms with Gasteiger partial charge in [0.2, 0.25) is 0 Å². The molecule has 9 rings (SSSR count). The molecule has 0 amide bonds. The largest absolute Gasteiger partial charge is 0.310 e. The van der Waals surface area contributed by atoms with Gasteiger partial charge in [-0.1, -0.05) is 121 Å². The van der Waals surface area contributed by atoms with Crippen LogP contribution in [0.4, 0.5) is 17.1 Å². The molecule has 9 aromatic rings. The summed E-state index contributed by atoms with van der Waals surface area (Å²) in [6.45, 7) is 0. The summed E-state index contributed by atoms with van der Waals surface area (Å²) in [5.41, 5.74) is 8.40. The van der Waals surface area contributed by atoms with E-state index in [0.29, 0.717) is 0 Å². The third kappa shape index (κ3) is 4.54. The molecule has 1 nitrogen and oxygen atoms in total. The third-order valence-electron chi connectivity index (χ3n) is 9.04. The number of anilines is 3. The second-order valence-corrected chi connectivity index (χ2v) is 12.9. The summed E-state index contributed by atoms with van der Waals surface area (Å²) in [6, 6.07) is 63.9. The van der Waals surface area contributed by atoms with Crippen LogP contribution in [0, 0.1) is 0 Å². The normalized spacial score (nSPS) is 11.5. The van der Waals surface area contributed by atoms with Gasteiger partial charge in [-0.3, -0.25) is 0 Å². The first-order valence-electron chi connectivity index (χ1n) is 15.7. The van der Waals surface area contributed by atoms with Crippen molar-refractivity contribution >= 4 is 70.1 Å². The van der Waals surface area contributed by atoms with Gasteiger partial charge in [-0.15, -0.1) is 11.3 Å². The lowest BCUT2D eigenvalue weighted by Gasteiger charge is -2.26. The smallest absolute Gasteiger partial charge is 0.0468 e. The molecule has 46 heavy (non-hydrogen) atoms. The molecule has 0 atom stereocenters. The maximum absolute atomic E-state index is 2.38. The molecule has 0 spiro atoms. The Labute approximate surface area is 272 Å². The van der Waals surface area contributed by atoms with Crippen molar-refractivity contribution in [3.05, 3.63) is 176 Å². The number of nitrogens with zero attached hydrogens (tertiary/aromatic N) is 1. The van der Waals surface area contributed by atoms with E-state index in [0.717, 1.165) is 17.1 Å². The highest BCUT2D eigenvalue weighted by Gasteiger charge is 2.17. The Balaban J connectivity index is 1.19. The highest BCUT2D eigenvalue weighted by atomic mass is 32.1. The monoisotopic (exact) mass is 603 g/mol. The van der Waals surface area contributed by atoms with Crippen LogP contribution < -0.4 is 4.90 Å². The zero-order chi connectivity index (χ0) is 30.5. The molecule has 2 heteroatoms. The van der Waals surface area contributed by atoms with Gasteiger partial charge in [-0.2, -0.15) is 0 Å². The van der Waals surface area contributed by atoms with E-state index >= 15 is 0 Å². The van der Waals surface area contributed by atoms with Gasteiger partial charge in [0.05, 0.1) is 0 Å². The summed E-state index contributed by atoms with van der Waals surface area (Å²) in [5.74, 6) is 0. The van der Waals surface area contributed by atoms with Crippen molar-refractivity contribution in [2.45, 2.75) is 0 Å². The van der Waals surface area contributed by atoms with Crippen LogP contribution in [0.5, 0.6) is 0 Å². The summed E-state index contributed by atoms with van der Waals surface area (Å²) < 4.78 is 2.61. The fourth-order valence-electron chi connectivity index (χ4n) is 6.84. The molecule has 0 bridgehead atoms. The van der Waals surface area contributed by atoms with E-state index in [2.05, 4.69) is 181 Å². The summed E-state index contributed by atoms with van der Waals surface area (Å²) in [5, 5.41) is 7.66. The molecular formula is C44H29NS. The standard InChI is InChI=1S/C44H29NS/c1-2-14-35(15-3-1)45(36-24-22-32(23-25-36)39-17-8-13-31-11-6-7-16-38(31)39)37-26-27-42-41(29-37)44-40(18-9-19-43(44)46-42)34-21-20-30-10-4-5-12-33(30)28-34/h1-29H. The molecule has 1 heterocycles. The fraction of sp³-hybridized carbons (Fsp3) is 0. The van der Waals surface area contributed by atoms with Crippen molar-refractivity contribution in [3.63, 3.8) is 0 Å². The number of rotatable bonds is 5. The van der Waals surface area contributed by atoms with Crippen LogP contribution in [0.1, 0.15) is 0 Å². The molecule has 0 fully saturated rings. The summed E-state index contributed by atoms with van der Waals surface area (Å²) in [6.07, 6.45) is 0. The van der Waals surface area contributed by atoms with Gasteiger partial charge in [-0.25, -0.2) is 0 Å².